The molecule has 0 aromatic carbocycles. The maximum atomic E-state index is 12.9. The van der Waals surface area contributed by atoms with Crippen molar-refractivity contribution in [2.24, 2.45) is 0 Å². The van der Waals surface area contributed by atoms with Gasteiger partial charge in [-0.05, 0) is 154 Å². The molecule has 2 N–H and O–H groups in total. The van der Waals surface area contributed by atoms with E-state index in [0.29, 0.717) is 78.2 Å². The molecule has 12 heteroatoms. The van der Waals surface area contributed by atoms with Crippen LogP contribution in [-0.4, -0.2) is 122 Å². The van der Waals surface area contributed by atoms with Crippen LogP contribution in [0.15, 0.2) is 170 Å². The van der Waals surface area contributed by atoms with E-state index in [0.717, 1.165) is 205 Å². The van der Waals surface area contributed by atoms with Crippen LogP contribution >= 0.6 is 0 Å². The second-order valence-corrected chi connectivity index (χ2v) is 27.1. The van der Waals surface area contributed by atoms with E-state index in [9.17, 15) is 29.4 Å². The van der Waals surface area contributed by atoms with Crippen molar-refractivity contribution in [3.05, 3.63) is 170 Å². The lowest BCUT2D eigenvalue weighted by molar-refractivity contribution is -0.150. The molecule has 0 saturated heterocycles. The van der Waals surface area contributed by atoms with Gasteiger partial charge in [0, 0.05) is 65.0 Å². The second-order valence-electron chi connectivity index (χ2n) is 27.1. The quantitative estimate of drug-likeness (QED) is 0.0258. The molecule has 0 aromatic rings. The van der Waals surface area contributed by atoms with Crippen molar-refractivity contribution in [1.29, 1.82) is 0 Å². The van der Waals surface area contributed by atoms with E-state index < -0.39 is 0 Å². The minimum atomic E-state index is -0.247. The molecule has 0 radical (unpaired) electrons. The highest BCUT2D eigenvalue weighted by molar-refractivity contribution is 5.71. The molecular weight excluding hydrogens is 1290 g/mol. The molecule has 2 atom stereocenters. The largest absolute Gasteiger partial charge is 0.466 e. The van der Waals surface area contributed by atoms with Crippen molar-refractivity contribution < 1.29 is 48.3 Å². The first-order chi connectivity index (χ1) is 51.2. The molecule has 0 fully saturated rings. The standard InChI is InChI=1S/C92H152N2O10/c1-5-9-13-17-19-21-23-25-27-29-31-33-35-37-39-45-51-57-65-73-91(99)103-87(69-61-15-11-7-3)71-63-55-49-43-41-47-53-59-67-85-101-89(97)75-77-93(79-80-94(81-83-95)82-84-96)78-76-90(98)102-86-68-60-54-48-42-44-50-56-64-72-88(70-62-16-12-8-4)104-92(100)74-66-58-52-46-40-38-36-34-32-30-28-26-24-22-20-18-14-10-6-2/h9-10,13-14,19-22,25-28,31-34,37-40,51-52,55-58,63-64,87-88,95-96H,5-8,11-12,15-18,23-24,29-30,35-36,41-50,53-54,59-62,65-86H2,1-4H3/b13-9-,14-10-,21-19-,22-20-,27-25-,28-26-,33-31-,34-32-,39-37-,40-38-,57-51-,58-52-,63-55-,64-56-. The minimum Gasteiger partial charge on any atom is -0.466 e. The zero-order valence-electron chi connectivity index (χ0n) is 66.6. The summed E-state index contributed by atoms with van der Waals surface area (Å²) >= 11 is 0. The van der Waals surface area contributed by atoms with Crippen LogP contribution in [0.2, 0.25) is 0 Å². The van der Waals surface area contributed by atoms with Gasteiger partial charge in [0.25, 0.3) is 0 Å². The molecule has 0 aromatic heterocycles. The van der Waals surface area contributed by atoms with Gasteiger partial charge < -0.3 is 34.1 Å². The van der Waals surface area contributed by atoms with Crippen LogP contribution in [0.3, 0.4) is 0 Å². The fraction of sp³-hybridized carbons (Fsp3) is 0.652. The molecule has 0 bridgehead atoms. The van der Waals surface area contributed by atoms with Gasteiger partial charge in [0.1, 0.15) is 12.2 Å². The molecule has 0 spiro atoms. The van der Waals surface area contributed by atoms with E-state index in [4.69, 9.17) is 18.9 Å². The number of nitrogens with zero attached hydrogens (tertiary/aromatic N) is 2. The average Bonchev–Trinajstić information content (AvgIpc) is 1.10. The molecule has 0 heterocycles. The maximum absolute atomic E-state index is 12.9. The Labute approximate surface area is 637 Å². The zero-order chi connectivity index (χ0) is 75.4. The summed E-state index contributed by atoms with van der Waals surface area (Å²) in [4.78, 5) is 55.4. The molecule has 12 nitrogen and oxygen atoms in total. The van der Waals surface area contributed by atoms with E-state index in [1.807, 2.05) is 4.90 Å². The Kier molecular flexibility index (Phi) is 78.0. The Morgan fingerprint density at radius 2 is 0.558 bits per heavy atom. The number of hydrogen-bond donors (Lipinski definition) is 2. The van der Waals surface area contributed by atoms with Gasteiger partial charge in [0.2, 0.25) is 0 Å². The van der Waals surface area contributed by atoms with Crippen molar-refractivity contribution in [3.63, 3.8) is 0 Å². The molecule has 0 aliphatic carbocycles. The SMILES string of the molecule is CC/C=C\C/C=C\C/C=C\C/C=C\C/C=C\C/C=C\CCC(=O)OC(C/C=C\CCCCCCCCOC(=O)CCN(CCC(=O)OCCCCCCCC/C=C\CC(CCCCCC)OC(=O)CC/C=C\C/C=C\C/C=C\C/C=C\C/C=C\C/C=C\CC)CCN(CCO)CCO)CCCCCC. The van der Waals surface area contributed by atoms with Crippen molar-refractivity contribution >= 4 is 23.9 Å². The molecule has 590 valence electrons. The van der Waals surface area contributed by atoms with E-state index in [1.54, 1.807) is 0 Å². The Bertz CT molecular complexity index is 2240. The normalized spacial score (nSPS) is 13.3. The topological polar surface area (TPSA) is 152 Å². The zero-order valence-corrected chi connectivity index (χ0v) is 66.6. The predicted octanol–water partition coefficient (Wildman–Crippen LogP) is 23.5. The lowest BCUT2D eigenvalue weighted by atomic mass is 10.1. The van der Waals surface area contributed by atoms with Crippen molar-refractivity contribution in [1.82, 2.24) is 9.80 Å². The van der Waals surface area contributed by atoms with Crippen LogP contribution in [0.1, 0.15) is 310 Å². The van der Waals surface area contributed by atoms with Crippen molar-refractivity contribution in [2.45, 2.75) is 322 Å². The summed E-state index contributed by atoms with van der Waals surface area (Å²) in [5.41, 5.74) is 0. The fourth-order valence-corrected chi connectivity index (χ4v) is 11.3. The van der Waals surface area contributed by atoms with E-state index in [1.165, 1.54) is 38.5 Å². The smallest absolute Gasteiger partial charge is 0.307 e. The van der Waals surface area contributed by atoms with Gasteiger partial charge in [-0.15, -0.1) is 0 Å². The molecule has 0 rings (SSSR count). The first kappa shape index (κ1) is 98.1. The highest BCUT2D eigenvalue weighted by atomic mass is 16.6. The summed E-state index contributed by atoms with van der Waals surface area (Å²) < 4.78 is 23.2. The number of aliphatic hydroxyl groups excluding tert-OH is 2. The molecule has 0 saturated carbocycles. The van der Waals surface area contributed by atoms with Crippen LogP contribution in [0.25, 0.3) is 0 Å². The third-order valence-electron chi connectivity index (χ3n) is 17.6. The maximum Gasteiger partial charge on any atom is 0.307 e. The van der Waals surface area contributed by atoms with Crippen LogP contribution in [-0.2, 0) is 38.1 Å². The van der Waals surface area contributed by atoms with Crippen molar-refractivity contribution in [3.8, 4) is 0 Å². The average molecular weight is 1450 g/mol. The van der Waals surface area contributed by atoms with E-state index in [2.05, 4.69) is 203 Å². The first-order valence-electron chi connectivity index (χ1n) is 41.7. The lowest BCUT2D eigenvalue weighted by Crippen LogP contribution is -2.39. The predicted molar refractivity (Wildman–Crippen MR) is 443 cm³/mol. The third kappa shape index (κ3) is 75.8. The highest BCUT2D eigenvalue weighted by Crippen LogP contribution is 2.18. The number of unbranched alkanes of at least 4 members (excludes halogenated alkanes) is 18. The van der Waals surface area contributed by atoms with Gasteiger partial charge in [0.05, 0.1) is 39.3 Å². The van der Waals surface area contributed by atoms with Crippen LogP contribution in [0, 0.1) is 0 Å². The summed E-state index contributed by atoms with van der Waals surface area (Å²) in [7, 11) is 0. The molecule has 104 heavy (non-hydrogen) atoms. The summed E-state index contributed by atoms with van der Waals surface area (Å²) in [6.07, 6.45) is 103. The number of rotatable bonds is 75. The second kappa shape index (κ2) is 82.7. The Morgan fingerprint density at radius 1 is 0.279 bits per heavy atom. The number of carbonyl (C=O) groups excluding carboxylic acids is 4. The number of ether oxygens (including phenoxy) is 4. The number of allylic oxidation sites excluding steroid dienone is 26. The molecule has 0 aliphatic rings. The molecule has 0 aliphatic heterocycles. The number of carbonyl (C=O) groups is 4. The minimum absolute atomic E-state index is 0.0161. The monoisotopic (exact) mass is 1450 g/mol. The van der Waals surface area contributed by atoms with Crippen LogP contribution < -0.4 is 0 Å². The molecular formula is C92H152N2O10. The van der Waals surface area contributed by atoms with Gasteiger partial charge in [-0.25, -0.2) is 0 Å². The molecule has 0 amide bonds. The lowest BCUT2D eigenvalue weighted by Gasteiger charge is -2.26. The molecule has 2 unspecified atom stereocenters. The van der Waals surface area contributed by atoms with Gasteiger partial charge >= 0.3 is 23.9 Å². The summed E-state index contributed by atoms with van der Waals surface area (Å²) in [5, 5.41) is 19.1. The van der Waals surface area contributed by atoms with Crippen LogP contribution in [0.5, 0.6) is 0 Å². The first-order valence-corrected chi connectivity index (χ1v) is 41.7. The number of aliphatic hydroxyl groups is 2. The highest BCUT2D eigenvalue weighted by Gasteiger charge is 2.17. The Morgan fingerprint density at radius 3 is 0.875 bits per heavy atom. The van der Waals surface area contributed by atoms with E-state index in [-0.39, 0.29) is 62.1 Å². The Balaban J connectivity index is 4.52. The fourth-order valence-electron chi connectivity index (χ4n) is 11.3. The Hall–Kier alpha value is -5.92. The number of hydrogen-bond acceptors (Lipinski definition) is 12. The van der Waals surface area contributed by atoms with Gasteiger partial charge in [-0.2, -0.15) is 0 Å². The third-order valence-corrected chi connectivity index (χ3v) is 17.6. The van der Waals surface area contributed by atoms with Crippen LogP contribution in [0.4, 0.5) is 0 Å². The summed E-state index contributed by atoms with van der Waals surface area (Å²) in [5.74, 6) is -0.714. The number of esters is 4. The van der Waals surface area contributed by atoms with E-state index >= 15 is 0 Å². The van der Waals surface area contributed by atoms with Gasteiger partial charge in [-0.1, -0.05) is 288 Å². The van der Waals surface area contributed by atoms with Crippen molar-refractivity contribution in [2.75, 3.05) is 65.7 Å². The summed E-state index contributed by atoms with van der Waals surface area (Å²) in [6.45, 7) is 12.4. The van der Waals surface area contributed by atoms with Gasteiger partial charge in [-0.3, -0.25) is 24.1 Å². The summed E-state index contributed by atoms with van der Waals surface area (Å²) in [6, 6.07) is 0. The van der Waals surface area contributed by atoms with Gasteiger partial charge in [0.15, 0.2) is 0 Å².